The minimum atomic E-state index is -2.02. The largest absolute Gasteiger partial charge is 0.550 e. The summed E-state index contributed by atoms with van der Waals surface area (Å²) in [5, 5.41) is 30.4. The molecule has 0 amide bonds. The zero-order chi connectivity index (χ0) is 14.7. The van der Waals surface area contributed by atoms with Gasteiger partial charge in [0.15, 0.2) is 11.4 Å². The van der Waals surface area contributed by atoms with Gasteiger partial charge in [0, 0.05) is 18.3 Å². The first-order valence-corrected chi connectivity index (χ1v) is 5.84. The third-order valence-corrected chi connectivity index (χ3v) is 2.77. The lowest BCUT2D eigenvalue weighted by Crippen LogP contribution is -2.58. The monoisotopic (exact) mass is 261 g/mol. The molecule has 2 N–H and O–H groups in total. The molecule has 3 atom stereocenters. The van der Waals surface area contributed by atoms with Crippen LogP contribution >= 0.6 is 0 Å². The zero-order valence-corrected chi connectivity index (χ0v) is 11.6. The molecule has 0 fully saturated rings. The second kappa shape index (κ2) is 5.77. The molecule has 3 unspecified atom stereocenters. The summed E-state index contributed by atoms with van der Waals surface area (Å²) in [4.78, 5) is 22.8. The molecule has 18 heavy (non-hydrogen) atoms. The van der Waals surface area contributed by atoms with Gasteiger partial charge in [0.1, 0.15) is 6.54 Å². The van der Waals surface area contributed by atoms with E-state index in [1.54, 1.807) is 21.1 Å². The van der Waals surface area contributed by atoms with Gasteiger partial charge in [-0.2, -0.15) is 0 Å². The maximum Gasteiger partial charge on any atom is 0.177 e. The highest BCUT2D eigenvalue weighted by Gasteiger charge is 2.44. The predicted molar refractivity (Wildman–Crippen MR) is 63.3 cm³/mol. The van der Waals surface area contributed by atoms with Crippen LogP contribution in [0.5, 0.6) is 0 Å². The Morgan fingerprint density at radius 2 is 1.72 bits per heavy atom. The van der Waals surface area contributed by atoms with E-state index in [-0.39, 0.29) is 11.0 Å². The number of carbonyl (C=O) groups is 2. The Balaban J connectivity index is 5.21. The molecule has 0 aromatic carbocycles. The summed E-state index contributed by atoms with van der Waals surface area (Å²) < 4.78 is 0.224. The van der Waals surface area contributed by atoms with E-state index in [2.05, 4.69) is 0 Å². The smallest absolute Gasteiger partial charge is 0.177 e. The molecule has 0 saturated heterocycles. The fourth-order valence-corrected chi connectivity index (χ4v) is 1.89. The Morgan fingerprint density at radius 3 is 2.00 bits per heavy atom. The highest BCUT2D eigenvalue weighted by molar-refractivity contribution is 5.92. The lowest BCUT2D eigenvalue weighted by molar-refractivity contribution is -0.875. The molecular weight excluding hydrogens is 238 g/mol. The molecule has 0 aliphatic rings. The van der Waals surface area contributed by atoms with E-state index in [0.29, 0.717) is 0 Å². The maximum absolute atomic E-state index is 12.1. The van der Waals surface area contributed by atoms with Crippen LogP contribution in [0.3, 0.4) is 0 Å². The number of hydrogen-bond donors (Lipinski definition) is 2. The third kappa shape index (κ3) is 5.12. The van der Waals surface area contributed by atoms with Crippen molar-refractivity contribution >= 4 is 11.8 Å². The molecule has 0 spiro atoms. The van der Waals surface area contributed by atoms with Crippen LogP contribution < -0.4 is 5.11 Å². The lowest BCUT2D eigenvalue weighted by Gasteiger charge is -2.36. The average Bonchev–Trinajstić information content (AvgIpc) is 2.10. The van der Waals surface area contributed by atoms with Crippen molar-refractivity contribution < 1.29 is 29.4 Å². The molecule has 0 radical (unpaired) electrons. The number of hydrogen-bond acceptors (Lipinski definition) is 5. The number of rotatable bonds is 7. The van der Waals surface area contributed by atoms with Crippen LogP contribution in [0.25, 0.3) is 0 Å². The van der Waals surface area contributed by atoms with Crippen LogP contribution in [0.15, 0.2) is 0 Å². The molecular formula is C12H23NO5. The number of carbonyl (C=O) groups excluding carboxylic acids is 2. The van der Waals surface area contributed by atoms with Crippen LogP contribution in [0, 0.1) is 5.92 Å². The minimum Gasteiger partial charge on any atom is -0.550 e. The Kier molecular flexibility index (Phi) is 5.46. The average molecular weight is 261 g/mol. The topological polar surface area (TPSA) is 97.7 Å². The van der Waals surface area contributed by atoms with Gasteiger partial charge in [-0.15, -0.1) is 0 Å². The van der Waals surface area contributed by atoms with Crippen LogP contribution in [0.1, 0.15) is 20.3 Å². The summed E-state index contributed by atoms with van der Waals surface area (Å²) in [5.74, 6) is -2.99. The van der Waals surface area contributed by atoms with Gasteiger partial charge in [-0.3, -0.25) is 4.79 Å². The molecule has 0 aliphatic heterocycles. The standard InChI is InChI=1S/C12H23NO5/c1-8(9(2)14)11(17)12(18,6-10(15)16)7-13(3,4)5/h8-9,14,18H,6-7H2,1-5H3. The highest BCUT2D eigenvalue weighted by Crippen LogP contribution is 2.21. The third-order valence-electron chi connectivity index (χ3n) is 2.77. The summed E-state index contributed by atoms with van der Waals surface area (Å²) in [6.07, 6.45) is -1.71. The lowest BCUT2D eigenvalue weighted by atomic mass is 9.84. The summed E-state index contributed by atoms with van der Waals surface area (Å²) >= 11 is 0. The molecule has 6 nitrogen and oxygen atoms in total. The van der Waals surface area contributed by atoms with Crippen molar-refractivity contribution in [2.45, 2.75) is 32.0 Å². The first kappa shape index (κ1) is 17.0. The van der Waals surface area contributed by atoms with Crippen LogP contribution in [-0.4, -0.2) is 65.8 Å². The van der Waals surface area contributed by atoms with E-state index >= 15 is 0 Å². The van der Waals surface area contributed by atoms with E-state index in [4.69, 9.17) is 0 Å². The van der Waals surface area contributed by atoms with Crippen LogP contribution in [0.2, 0.25) is 0 Å². The van der Waals surface area contributed by atoms with Gasteiger partial charge < -0.3 is 24.6 Å². The number of aliphatic hydroxyl groups excluding tert-OH is 1. The van der Waals surface area contributed by atoms with Gasteiger partial charge in [0.25, 0.3) is 0 Å². The Hall–Kier alpha value is -0.980. The number of Topliss-reactive ketones (excluding diaryl/α,β-unsaturated/α-hetero) is 1. The van der Waals surface area contributed by atoms with E-state index in [1.807, 2.05) is 0 Å². The van der Waals surface area contributed by atoms with E-state index in [0.717, 1.165) is 0 Å². The normalized spacial score (nSPS) is 18.8. The Bertz CT molecular complexity index is 321. The fourth-order valence-electron chi connectivity index (χ4n) is 1.89. The summed E-state index contributed by atoms with van der Waals surface area (Å²) in [6, 6.07) is 0. The van der Waals surface area contributed by atoms with E-state index in [1.165, 1.54) is 13.8 Å². The Morgan fingerprint density at radius 1 is 1.28 bits per heavy atom. The number of carboxylic acids is 1. The predicted octanol–water partition coefficient (Wildman–Crippen LogP) is -1.85. The number of ketones is 1. The first-order valence-electron chi connectivity index (χ1n) is 5.84. The SMILES string of the molecule is CC(O)C(C)C(=O)C(O)(CC(=O)[O-])C[N+](C)(C)C. The fraction of sp³-hybridized carbons (Fsp3) is 0.833. The molecule has 0 aliphatic carbocycles. The van der Waals surface area contributed by atoms with Crippen molar-refractivity contribution in [1.29, 1.82) is 0 Å². The summed E-state index contributed by atoms with van der Waals surface area (Å²) in [6.45, 7) is 2.83. The second-order valence-electron chi connectivity index (χ2n) is 5.92. The van der Waals surface area contributed by atoms with Crippen molar-refractivity contribution in [3.63, 3.8) is 0 Å². The van der Waals surface area contributed by atoms with Crippen molar-refractivity contribution in [3.05, 3.63) is 0 Å². The van der Waals surface area contributed by atoms with Gasteiger partial charge in [-0.1, -0.05) is 6.92 Å². The quantitative estimate of drug-likeness (QED) is 0.524. The summed E-state index contributed by atoms with van der Waals surface area (Å²) in [7, 11) is 5.21. The second-order valence-corrected chi connectivity index (χ2v) is 5.92. The molecule has 6 heteroatoms. The Labute approximate surface area is 107 Å². The molecule has 0 aromatic heterocycles. The van der Waals surface area contributed by atoms with Gasteiger partial charge in [0.05, 0.1) is 27.2 Å². The molecule has 0 bridgehead atoms. The van der Waals surface area contributed by atoms with Gasteiger partial charge in [0.2, 0.25) is 0 Å². The maximum atomic E-state index is 12.1. The molecule has 0 saturated carbocycles. The van der Waals surface area contributed by atoms with E-state index in [9.17, 15) is 24.9 Å². The van der Waals surface area contributed by atoms with Gasteiger partial charge in [-0.25, -0.2) is 0 Å². The van der Waals surface area contributed by atoms with E-state index < -0.39 is 35.8 Å². The minimum absolute atomic E-state index is 0.0587. The number of aliphatic hydroxyl groups is 2. The van der Waals surface area contributed by atoms with Crippen molar-refractivity contribution in [3.8, 4) is 0 Å². The van der Waals surface area contributed by atoms with Crippen molar-refractivity contribution in [2.24, 2.45) is 5.92 Å². The molecule has 106 valence electrons. The number of nitrogens with zero attached hydrogens (tertiary/aromatic N) is 1. The first-order chi connectivity index (χ1) is 7.89. The van der Waals surface area contributed by atoms with Crippen LogP contribution in [0.4, 0.5) is 0 Å². The highest BCUT2D eigenvalue weighted by atomic mass is 16.4. The number of quaternary nitrogens is 1. The summed E-state index contributed by atoms with van der Waals surface area (Å²) in [5.41, 5.74) is -2.02. The molecule has 0 heterocycles. The van der Waals surface area contributed by atoms with Crippen molar-refractivity contribution in [2.75, 3.05) is 27.7 Å². The number of aliphatic carboxylic acids is 1. The van der Waals surface area contributed by atoms with Gasteiger partial charge >= 0.3 is 0 Å². The van der Waals surface area contributed by atoms with Crippen LogP contribution in [-0.2, 0) is 9.59 Å². The van der Waals surface area contributed by atoms with Crippen molar-refractivity contribution in [1.82, 2.24) is 0 Å². The zero-order valence-electron chi connectivity index (χ0n) is 11.6. The van der Waals surface area contributed by atoms with Gasteiger partial charge in [-0.05, 0) is 6.92 Å². The number of carboxylic acid groups (broad SMARTS) is 1. The number of likely N-dealkylation sites (N-methyl/N-ethyl adjacent to an activating group) is 1. The molecule has 0 rings (SSSR count). The molecule has 0 aromatic rings.